The normalized spacial score (nSPS) is 11.8. The lowest BCUT2D eigenvalue weighted by atomic mass is 10.1. The van der Waals surface area contributed by atoms with Crippen molar-refractivity contribution < 1.29 is 17.6 Å². The van der Waals surface area contributed by atoms with Crippen molar-refractivity contribution in [2.75, 3.05) is 18.0 Å². The topological polar surface area (TPSA) is 33.5 Å². The Morgan fingerprint density at radius 3 is 2.35 bits per heavy atom. The average molecular weight is 285 g/mol. The summed E-state index contributed by atoms with van der Waals surface area (Å²) in [5.74, 6) is 0. The summed E-state index contributed by atoms with van der Waals surface area (Å²) >= 11 is 0. The lowest BCUT2D eigenvalue weighted by Crippen LogP contribution is -2.22. The smallest absolute Gasteiger partial charge is 0.417 e. The van der Waals surface area contributed by atoms with Crippen molar-refractivity contribution in [1.29, 1.82) is 0 Å². The van der Waals surface area contributed by atoms with Crippen molar-refractivity contribution in [2.45, 2.75) is 20.0 Å². The SMILES string of the molecule is CCN(CC)c1cc(C(F)(F)F)c2ccc(=O)oc2c1. The molecule has 0 saturated heterocycles. The van der Waals surface area contributed by atoms with E-state index in [-0.39, 0.29) is 11.0 Å². The van der Waals surface area contributed by atoms with Gasteiger partial charge in [-0.25, -0.2) is 4.79 Å². The van der Waals surface area contributed by atoms with Gasteiger partial charge in [-0.1, -0.05) is 0 Å². The van der Waals surface area contributed by atoms with Crippen LogP contribution in [0.4, 0.5) is 18.9 Å². The molecule has 0 saturated carbocycles. The minimum Gasteiger partial charge on any atom is -0.423 e. The third kappa shape index (κ3) is 2.64. The van der Waals surface area contributed by atoms with E-state index in [2.05, 4.69) is 0 Å². The average Bonchev–Trinajstić information content (AvgIpc) is 2.37. The summed E-state index contributed by atoms with van der Waals surface area (Å²) in [4.78, 5) is 13.0. The van der Waals surface area contributed by atoms with Crippen LogP contribution in [0.3, 0.4) is 0 Å². The molecule has 0 atom stereocenters. The van der Waals surface area contributed by atoms with E-state index in [0.29, 0.717) is 18.8 Å². The second-order valence-corrected chi connectivity index (χ2v) is 4.33. The van der Waals surface area contributed by atoms with Crippen LogP contribution in [0.5, 0.6) is 0 Å². The van der Waals surface area contributed by atoms with E-state index in [1.165, 1.54) is 6.07 Å². The fourth-order valence-corrected chi connectivity index (χ4v) is 2.17. The Morgan fingerprint density at radius 1 is 1.15 bits per heavy atom. The first-order valence-corrected chi connectivity index (χ1v) is 6.26. The van der Waals surface area contributed by atoms with E-state index >= 15 is 0 Å². The third-order valence-corrected chi connectivity index (χ3v) is 3.16. The number of hydrogen-bond acceptors (Lipinski definition) is 3. The van der Waals surface area contributed by atoms with Crippen molar-refractivity contribution in [2.24, 2.45) is 0 Å². The molecule has 108 valence electrons. The van der Waals surface area contributed by atoms with Crippen LogP contribution in [-0.4, -0.2) is 13.1 Å². The van der Waals surface area contributed by atoms with Crippen molar-refractivity contribution in [1.82, 2.24) is 0 Å². The molecule has 20 heavy (non-hydrogen) atoms. The number of alkyl halides is 3. The van der Waals surface area contributed by atoms with Crippen LogP contribution in [0, 0.1) is 0 Å². The first-order chi connectivity index (χ1) is 9.36. The van der Waals surface area contributed by atoms with Crippen LogP contribution in [0.2, 0.25) is 0 Å². The molecule has 0 aliphatic carbocycles. The van der Waals surface area contributed by atoms with Gasteiger partial charge in [0, 0.05) is 36.3 Å². The minimum atomic E-state index is -4.50. The first-order valence-electron chi connectivity index (χ1n) is 6.26. The first kappa shape index (κ1) is 14.4. The van der Waals surface area contributed by atoms with E-state index in [1.54, 1.807) is 4.90 Å². The van der Waals surface area contributed by atoms with Crippen LogP contribution in [0.15, 0.2) is 33.5 Å². The van der Waals surface area contributed by atoms with Gasteiger partial charge in [-0.3, -0.25) is 0 Å². The second kappa shape index (κ2) is 5.19. The van der Waals surface area contributed by atoms with Gasteiger partial charge in [0.05, 0.1) is 5.56 Å². The zero-order chi connectivity index (χ0) is 14.9. The summed E-state index contributed by atoms with van der Waals surface area (Å²) in [5.41, 5.74) is -1.11. The van der Waals surface area contributed by atoms with Crippen LogP contribution < -0.4 is 10.5 Å². The third-order valence-electron chi connectivity index (χ3n) is 3.16. The monoisotopic (exact) mass is 285 g/mol. The Hall–Kier alpha value is -1.98. The Labute approximate surface area is 113 Å². The Kier molecular flexibility index (Phi) is 3.74. The predicted octanol–water partition coefficient (Wildman–Crippen LogP) is 3.66. The number of rotatable bonds is 3. The summed E-state index contributed by atoms with van der Waals surface area (Å²) in [6.07, 6.45) is -4.50. The largest absolute Gasteiger partial charge is 0.423 e. The zero-order valence-corrected chi connectivity index (χ0v) is 11.1. The molecule has 0 fully saturated rings. The van der Waals surface area contributed by atoms with Crippen LogP contribution in [0.25, 0.3) is 11.0 Å². The number of benzene rings is 1. The number of hydrogen-bond donors (Lipinski definition) is 0. The van der Waals surface area contributed by atoms with Gasteiger partial charge in [0.25, 0.3) is 0 Å². The van der Waals surface area contributed by atoms with Gasteiger partial charge < -0.3 is 9.32 Å². The zero-order valence-electron chi connectivity index (χ0n) is 11.1. The molecule has 6 heteroatoms. The Morgan fingerprint density at radius 2 is 1.80 bits per heavy atom. The molecule has 0 bridgehead atoms. The lowest BCUT2D eigenvalue weighted by molar-refractivity contribution is -0.136. The van der Waals surface area contributed by atoms with Crippen molar-refractivity contribution in [3.05, 3.63) is 40.2 Å². The van der Waals surface area contributed by atoms with Gasteiger partial charge in [-0.2, -0.15) is 13.2 Å². The van der Waals surface area contributed by atoms with Gasteiger partial charge >= 0.3 is 11.8 Å². The fourth-order valence-electron chi connectivity index (χ4n) is 2.17. The molecular formula is C14H14F3NO2. The molecule has 0 aliphatic heterocycles. The van der Waals surface area contributed by atoms with Crippen LogP contribution in [0.1, 0.15) is 19.4 Å². The van der Waals surface area contributed by atoms with E-state index < -0.39 is 17.4 Å². The van der Waals surface area contributed by atoms with Gasteiger partial charge in [0.15, 0.2) is 0 Å². The molecule has 0 unspecified atom stereocenters. The summed E-state index contributed by atoms with van der Waals surface area (Å²) in [6, 6.07) is 4.71. The molecule has 0 amide bonds. The summed E-state index contributed by atoms with van der Waals surface area (Å²) < 4.78 is 44.3. The maximum Gasteiger partial charge on any atom is 0.417 e. The number of fused-ring (bicyclic) bond motifs is 1. The molecule has 1 aromatic carbocycles. The van der Waals surface area contributed by atoms with E-state index in [9.17, 15) is 18.0 Å². The molecular weight excluding hydrogens is 271 g/mol. The number of anilines is 1. The molecule has 0 N–H and O–H groups in total. The molecule has 0 radical (unpaired) electrons. The van der Waals surface area contributed by atoms with Gasteiger partial charge in [0.2, 0.25) is 0 Å². The fraction of sp³-hybridized carbons (Fsp3) is 0.357. The molecule has 2 rings (SSSR count). The highest BCUT2D eigenvalue weighted by molar-refractivity contribution is 5.85. The van der Waals surface area contributed by atoms with Gasteiger partial charge in [-0.15, -0.1) is 0 Å². The standard InChI is InChI=1S/C14H14F3NO2/c1-3-18(4-2)9-7-11(14(15,16)17)10-5-6-13(19)20-12(10)8-9/h5-8H,3-4H2,1-2H3. The van der Waals surface area contributed by atoms with Crippen molar-refractivity contribution >= 4 is 16.7 Å². The van der Waals surface area contributed by atoms with E-state index in [1.807, 2.05) is 13.8 Å². The second-order valence-electron chi connectivity index (χ2n) is 4.33. The maximum absolute atomic E-state index is 13.1. The number of nitrogens with zero attached hydrogens (tertiary/aromatic N) is 1. The van der Waals surface area contributed by atoms with Crippen LogP contribution in [-0.2, 0) is 6.18 Å². The molecule has 1 aromatic heterocycles. The van der Waals surface area contributed by atoms with E-state index in [0.717, 1.165) is 18.2 Å². The molecule has 0 aliphatic rings. The quantitative estimate of drug-likeness (QED) is 0.807. The maximum atomic E-state index is 13.1. The Bertz CT molecular complexity index is 672. The number of halogens is 3. The predicted molar refractivity (Wildman–Crippen MR) is 71.0 cm³/mol. The summed E-state index contributed by atoms with van der Waals surface area (Å²) in [5, 5.41) is -0.104. The van der Waals surface area contributed by atoms with Gasteiger partial charge in [0.1, 0.15) is 5.58 Å². The summed E-state index contributed by atoms with van der Waals surface area (Å²) in [6.45, 7) is 4.83. The lowest BCUT2D eigenvalue weighted by Gasteiger charge is -2.22. The van der Waals surface area contributed by atoms with Crippen molar-refractivity contribution in [3.63, 3.8) is 0 Å². The van der Waals surface area contributed by atoms with Crippen LogP contribution >= 0.6 is 0 Å². The Balaban J connectivity index is 2.77. The highest BCUT2D eigenvalue weighted by Crippen LogP contribution is 2.37. The molecule has 3 nitrogen and oxygen atoms in total. The highest BCUT2D eigenvalue weighted by atomic mass is 19.4. The highest BCUT2D eigenvalue weighted by Gasteiger charge is 2.34. The summed E-state index contributed by atoms with van der Waals surface area (Å²) in [7, 11) is 0. The van der Waals surface area contributed by atoms with Crippen molar-refractivity contribution in [3.8, 4) is 0 Å². The minimum absolute atomic E-state index is 0.0470. The molecule has 1 heterocycles. The molecule has 0 spiro atoms. The van der Waals surface area contributed by atoms with Gasteiger partial charge in [-0.05, 0) is 26.0 Å². The van der Waals surface area contributed by atoms with E-state index in [4.69, 9.17) is 4.42 Å². The molecule has 2 aromatic rings.